The Bertz CT molecular complexity index is 324. The summed E-state index contributed by atoms with van der Waals surface area (Å²) in [7, 11) is 2.65. The molecule has 1 aliphatic heterocycles. The van der Waals surface area contributed by atoms with Gasteiger partial charge in [-0.3, -0.25) is 14.6 Å². The van der Waals surface area contributed by atoms with E-state index in [0.717, 1.165) is 25.0 Å². The van der Waals surface area contributed by atoms with Crippen molar-refractivity contribution in [3.8, 4) is 0 Å². The largest absolute Gasteiger partial charge is 0.469 e. The van der Waals surface area contributed by atoms with Crippen molar-refractivity contribution in [3.05, 3.63) is 0 Å². The van der Waals surface area contributed by atoms with Crippen molar-refractivity contribution < 1.29 is 19.1 Å². The Morgan fingerprint density at radius 1 is 1.29 bits per heavy atom. The summed E-state index contributed by atoms with van der Waals surface area (Å²) in [5.74, 6) is -1.86. The maximum absolute atomic E-state index is 11.7. The molecule has 0 aliphatic carbocycles. The third kappa shape index (κ3) is 3.05. The molecule has 5 nitrogen and oxygen atoms in total. The number of carbonyl (C=O) groups excluding carboxylic acids is 2. The minimum absolute atomic E-state index is 0.325. The molecule has 0 aromatic rings. The lowest BCUT2D eigenvalue weighted by Gasteiger charge is -2.16. The highest BCUT2D eigenvalue weighted by molar-refractivity contribution is 6.06. The molecule has 0 spiro atoms. The summed E-state index contributed by atoms with van der Waals surface area (Å²) in [6.45, 7) is 2.39. The minimum atomic E-state index is -0.556. The summed E-state index contributed by atoms with van der Waals surface area (Å²) in [4.78, 5) is 27.6. The highest BCUT2D eigenvalue weighted by atomic mass is 16.5. The van der Waals surface area contributed by atoms with Crippen molar-refractivity contribution in [2.24, 2.45) is 16.8 Å². The molecule has 0 unspecified atom stereocenters. The summed E-state index contributed by atoms with van der Waals surface area (Å²) < 4.78 is 9.43. The normalized spacial score (nSPS) is 23.1. The van der Waals surface area contributed by atoms with Crippen LogP contribution in [0.4, 0.5) is 0 Å². The van der Waals surface area contributed by atoms with Crippen LogP contribution in [0.2, 0.25) is 0 Å². The van der Waals surface area contributed by atoms with Crippen molar-refractivity contribution in [1.29, 1.82) is 0 Å². The molecule has 0 bridgehead atoms. The molecule has 96 valence electrons. The van der Waals surface area contributed by atoms with E-state index >= 15 is 0 Å². The number of ether oxygens (including phenoxy) is 2. The molecular weight excluding hydrogens is 222 g/mol. The molecule has 0 amide bonds. The Labute approximate surface area is 101 Å². The Hall–Kier alpha value is -1.39. The fourth-order valence-corrected chi connectivity index (χ4v) is 2.03. The fraction of sp³-hybridized carbons (Fsp3) is 0.750. The number of unbranched alkanes of at least 4 members (excludes halogenated alkanes) is 1. The number of hydrogen-bond acceptors (Lipinski definition) is 5. The number of nitrogens with zero attached hydrogens (tertiary/aromatic N) is 1. The number of rotatable bonds is 5. The molecule has 0 fully saturated rings. The number of carbonyl (C=O) groups is 2. The Morgan fingerprint density at radius 2 is 1.94 bits per heavy atom. The molecule has 2 atom stereocenters. The van der Waals surface area contributed by atoms with Crippen molar-refractivity contribution in [2.45, 2.75) is 26.2 Å². The average Bonchev–Trinajstić information content (AvgIpc) is 2.78. The smallest absolute Gasteiger partial charge is 0.315 e. The second kappa shape index (κ2) is 6.37. The van der Waals surface area contributed by atoms with E-state index in [9.17, 15) is 9.59 Å². The van der Waals surface area contributed by atoms with Crippen molar-refractivity contribution in [1.82, 2.24) is 0 Å². The van der Waals surface area contributed by atoms with Gasteiger partial charge in [-0.2, -0.15) is 0 Å². The van der Waals surface area contributed by atoms with Crippen molar-refractivity contribution in [2.75, 3.05) is 20.8 Å². The molecule has 0 saturated heterocycles. The first-order chi connectivity index (χ1) is 8.15. The standard InChI is InChI=1S/C12H19NO4/c1-4-5-6-9-10(12(15)17-3)8(7-13-9)11(14)16-2/h8,10H,4-7H2,1-3H3/t8-,10+/m0/s1. The molecule has 5 heteroatoms. The second-order valence-electron chi connectivity index (χ2n) is 4.07. The van der Waals surface area contributed by atoms with Crippen LogP contribution in [-0.2, 0) is 19.1 Å². The fourth-order valence-electron chi connectivity index (χ4n) is 2.03. The van der Waals surface area contributed by atoms with E-state index in [4.69, 9.17) is 9.47 Å². The van der Waals surface area contributed by atoms with Crippen LogP contribution in [0.5, 0.6) is 0 Å². The van der Waals surface area contributed by atoms with Gasteiger partial charge in [0.05, 0.1) is 26.7 Å². The Morgan fingerprint density at radius 3 is 2.47 bits per heavy atom. The highest BCUT2D eigenvalue weighted by Gasteiger charge is 2.42. The van der Waals surface area contributed by atoms with Crippen LogP contribution in [0.25, 0.3) is 0 Å². The zero-order chi connectivity index (χ0) is 12.8. The van der Waals surface area contributed by atoms with Crippen LogP contribution in [-0.4, -0.2) is 38.4 Å². The minimum Gasteiger partial charge on any atom is -0.469 e. The van der Waals surface area contributed by atoms with Gasteiger partial charge in [0.15, 0.2) is 0 Å². The molecule has 0 aromatic carbocycles. The lowest BCUT2D eigenvalue weighted by molar-refractivity contribution is -0.153. The molecule has 1 aliphatic rings. The molecule has 1 heterocycles. The van der Waals surface area contributed by atoms with Gasteiger partial charge in [0.25, 0.3) is 0 Å². The van der Waals surface area contributed by atoms with Gasteiger partial charge in [0.2, 0.25) is 0 Å². The first kappa shape index (κ1) is 13.7. The zero-order valence-electron chi connectivity index (χ0n) is 10.6. The van der Waals surface area contributed by atoms with Crippen LogP contribution < -0.4 is 0 Å². The maximum atomic E-state index is 11.7. The topological polar surface area (TPSA) is 65.0 Å². The monoisotopic (exact) mass is 241 g/mol. The number of hydrogen-bond donors (Lipinski definition) is 0. The molecule has 17 heavy (non-hydrogen) atoms. The quantitative estimate of drug-likeness (QED) is 0.679. The summed E-state index contributed by atoms with van der Waals surface area (Å²) in [5.41, 5.74) is 0.772. The van der Waals surface area contributed by atoms with Crippen LogP contribution >= 0.6 is 0 Å². The predicted octanol–water partition coefficient (Wildman–Crippen LogP) is 1.21. The third-order valence-electron chi connectivity index (χ3n) is 3.00. The van der Waals surface area contributed by atoms with Crippen LogP contribution in [0.15, 0.2) is 4.99 Å². The number of esters is 2. The summed E-state index contributed by atoms with van der Waals surface area (Å²) in [6.07, 6.45) is 2.72. The summed E-state index contributed by atoms with van der Waals surface area (Å²) in [6, 6.07) is 0. The van der Waals surface area contributed by atoms with Crippen LogP contribution in [0, 0.1) is 11.8 Å². The molecule has 1 rings (SSSR count). The SMILES string of the molecule is CCCCC1=NC[C@H](C(=O)OC)[C@H]1C(=O)OC. The van der Waals surface area contributed by atoms with Crippen molar-refractivity contribution >= 4 is 17.7 Å². The van der Waals surface area contributed by atoms with Gasteiger partial charge in [0, 0.05) is 5.71 Å². The Balaban J connectivity index is 2.79. The first-order valence-corrected chi connectivity index (χ1v) is 5.84. The van der Waals surface area contributed by atoms with Crippen molar-refractivity contribution in [3.63, 3.8) is 0 Å². The molecule has 0 N–H and O–H groups in total. The molecule has 0 radical (unpaired) electrons. The van der Waals surface area contributed by atoms with E-state index in [0.29, 0.717) is 6.54 Å². The highest BCUT2D eigenvalue weighted by Crippen LogP contribution is 2.26. The van der Waals surface area contributed by atoms with E-state index in [1.165, 1.54) is 14.2 Å². The van der Waals surface area contributed by atoms with Gasteiger partial charge < -0.3 is 9.47 Å². The second-order valence-corrected chi connectivity index (χ2v) is 4.07. The summed E-state index contributed by atoms with van der Waals surface area (Å²) >= 11 is 0. The third-order valence-corrected chi connectivity index (χ3v) is 3.00. The zero-order valence-corrected chi connectivity index (χ0v) is 10.6. The number of methoxy groups -OCH3 is 2. The molecular formula is C12H19NO4. The Kier molecular flexibility index (Phi) is 5.12. The lowest BCUT2D eigenvalue weighted by atomic mass is 9.89. The lowest BCUT2D eigenvalue weighted by Crippen LogP contribution is -2.34. The molecule has 0 aromatic heterocycles. The number of aliphatic imine (C=N–C) groups is 1. The first-order valence-electron chi connectivity index (χ1n) is 5.84. The molecule has 0 saturated carbocycles. The van der Waals surface area contributed by atoms with Gasteiger partial charge >= 0.3 is 11.9 Å². The van der Waals surface area contributed by atoms with E-state index < -0.39 is 23.8 Å². The average molecular weight is 241 g/mol. The van der Waals surface area contributed by atoms with Gasteiger partial charge in [-0.1, -0.05) is 13.3 Å². The van der Waals surface area contributed by atoms with E-state index in [1.54, 1.807) is 0 Å². The van der Waals surface area contributed by atoms with Gasteiger partial charge in [-0.15, -0.1) is 0 Å². The van der Waals surface area contributed by atoms with Gasteiger partial charge in [-0.25, -0.2) is 0 Å². The maximum Gasteiger partial charge on any atom is 0.315 e. The van der Waals surface area contributed by atoms with E-state index in [1.807, 2.05) is 0 Å². The van der Waals surface area contributed by atoms with Gasteiger partial charge in [-0.05, 0) is 12.8 Å². The van der Waals surface area contributed by atoms with E-state index in [-0.39, 0.29) is 0 Å². The van der Waals surface area contributed by atoms with Gasteiger partial charge in [0.1, 0.15) is 5.92 Å². The summed E-state index contributed by atoms with van der Waals surface area (Å²) in [5, 5.41) is 0. The van der Waals surface area contributed by atoms with E-state index in [2.05, 4.69) is 11.9 Å². The van der Waals surface area contributed by atoms with Crippen LogP contribution in [0.1, 0.15) is 26.2 Å². The predicted molar refractivity (Wildman–Crippen MR) is 62.8 cm³/mol. The van der Waals surface area contributed by atoms with Crippen LogP contribution in [0.3, 0.4) is 0 Å².